The summed E-state index contributed by atoms with van der Waals surface area (Å²) < 4.78 is 63.1. The van der Waals surface area contributed by atoms with Crippen LogP contribution in [0.25, 0.3) is 32.2 Å². The lowest BCUT2D eigenvalue weighted by molar-refractivity contribution is -0.0134. The van der Waals surface area contributed by atoms with Crippen LogP contribution in [0.2, 0.25) is 0 Å². The molecule has 0 radical (unpaired) electrons. The first-order valence-corrected chi connectivity index (χ1v) is 22.1. The zero-order valence-corrected chi connectivity index (χ0v) is 37.0. The molecule has 1 saturated carbocycles. The number of aromatic nitrogens is 3. The van der Waals surface area contributed by atoms with Crippen LogP contribution >= 0.6 is 11.3 Å². The SMILES string of the molecule is C[C@H]1COCCN1CC1(COc2nc(N3C4CCC3CN(C(=O)OC(C)(C)C)C4)c3c4c(c(-c5ncc(F)c6sc(NC(=O)OC(C)(C)C)c(C#N)c56)c(F)c3n2)COC4)CC1. The van der Waals surface area contributed by atoms with Crippen molar-refractivity contribution in [1.82, 2.24) is 24.8 Å². The minimum atomic E-state index is -0.838. The van der Waals surface area contributed by atoms with E-state index in [9.17, 15) is 14.9 Å². The van der Waals surface area contributed by atoms with E-state index in [0.29, 0.717) is 55.2 Å². The molecule has 4 aromatic rings. The van der Waals surface area contributed by atoms with E-state index in [1.807, 2.05) is 20.8 Å². The van der Waals surface area contributed by atoms with Gasteiger partial charge in [0.15, 0.2) is 11.6 Å². The summed E-state index contributed by atoms with van der Waals surface area (Å²) >= 11 is 0.841. The van der Waals surface area contributed by atoms with Crippen molar-refractivity contribution in [3.05, 3.63) is 34.5 Å². The Labute approximate surface area is 362 Å². The average molecular weight is 875 g/mol. The smallest absolute Gasteiger partial charge is 0.412 e. The van der Waals surface area contributed by atoms with Gasteiger partial charge < -0.3 is 33.5 Å². The Hall–Kier alpha value is -4.96. The highest BCUT2D eigenvalue weighted by atomic mass is 32.1. The summed E-state index contributed by atoms with van der Waals surface area (Å²) in [5.74, 6) is -0.995. The second-order valence-electron chi connectivity index (χ2n) is 19.3. The molecule has 3 aromatic heterocycles. The number of halogens is 2. The number of nitrogens with one attached hydrogen (secondary N) is 1. The quantitative estimate of drug-likeness (QED) is 0.182. The summed E-state index contributed by atoms with van der Waals surface area (Å²) in [7, 11) is 0. The molecule has 0 spiro atoms. The molecule has 1 aromatic carbocycles. The van der Waals surface area contributed by atoms with Crippen LogP contribution in [0.5, 0.6) is 6.01 Å². The van der Waals surface area contributed by atoms with E-state index in [0.717, 1.165) is 56.3 Å². The topological polar surface area (TPSA) is 165 Å². The Morgan fingerprint density at radius 3 is 2.39 bits per heavy atom. The van der Waals surface area contributed by atoms with E-state index >= 15 is 8.78 Å². The molecule has 9 rings (SSSR count). The molecule has 15 nitrogen and oxygen atoms in total. The molecule has 1 N–H and O–H groups in total. The van der Waals surface area contributed by atoms with Crippen LogP contribution in [0.4, 0.5) is 29.2 Å². The second kappa shape index (κ2) is 15.7. The summed E-state index contributed by atoms with van der Waals surface area (Å²) in [4.78, 5) is 46.9. The molecular formula is C44H52F2N8O7S. The number of nitriles is 1. The Morgan fingerprint density at radius 2 is 1.73 bits per heavy atom. The van der Waals surface area contributed by atoms with Crippen LogP contribution < -0.4 is 15.0 Å². The predicted molar refractivity (Wildman–Crippen MR) is 227 cm³/mol. The number of hydrogen-bond acceptors (Lipinski definition) is 14. The highest BCUT2D eigenvalue weighted by molar-refractivity contribution is 7.23. The van der Waals surface area contributed by atoms with Crippen molar-refractivity contribution >= 4 is 55.3 Å². The third-order valence-corrected chi connectivity index (χ3v) is 13.4. The fourth-order valence-corrected chi connectivity index (χ4v) is 10.3. The van der Waals surface area contributed by atoms with Gasteiger partial charge in [-0.1, -0.05) is 0 Å². The molecule has 2 bridgehead atoms. The Bertz CT molecular complexity index is 2500. The van der Waals surface area contributed by atoms with E-state index in [1.165, 1.54) is 0 Å². The van der Waals surface area contributed by atoms with Crippen LogP contribution in [0.15, 0.2) is 6.20 Å². The molecule has 7 heterocycles. The molecule has 3 atom stereocenters. The number of nitrogens with zero attached hydrogens (tertiary/aromatic N) is 7. The maximum atomic E-state index is 18.0. The summed E-state index contributed by atoms with van der Waals surface area (Å²) in [6.07, 6.45) is 3.27. The van der Waals surface area contributed by atoms with Crippen LogP contribution in [0.1, 0.15) is 90.8 Å². The monoisotopic (exact) mass is 874 g/mol. The standard InChI is InChI=1S/C44H52F2N8O7S/c1-23-18-57-13-12-52(23)21-44(10-11-44)22-59-39-49-35-32(37(50-39)54-24-8-9-25(54)17-53(16-24)41(56)61-43(5,6)7)28-20-58-19-27(28)30(33(35)46)34-31-26(14-47)38(51-40(55)60-42(2,3)4)62-36(31)29(45)15-48-34/h15,23-25H,8-13,16-22H2,1-7H3,(H,51,55)/t23-,24?,25?/m0/s1. The molecule has 2 unspecified atom stereocenters. The number of thiophene rings is 1. The number of piperazine rings is 1. The van der Waals surface area contributed by atoms with Crippen LogP contribution in [-0.2, 0) is 32.2 Å². The van der Waals surface area contributed by atoms with Crippen molar-refractivity contribution in [3.8, 4) is 23.3 Å². The van der Waals surface area contributed by atoms with Crippen molar-refractivity contribution in [1.29, 1.82) is 5.26 Å². The lowest BCUT2D eigenvalue weighted by atomic mass is 9.93. The van der Waals surface area contributed by atoms with E-state index in [4.69, 9.17) is 33.7 Å². The Kier molecular flexibility index (Phi) is 10.7. The van der Waals surface area contributed by atoms with Crippen molar-refractivity contribution < 1.29 is 42.1 Å². The number of likely N-dealkylation sites (tertiary alicyclic amines) is 1. The number of rotatable bonds is 8. The lowest BCUT2D eigenvalue weighted by Gasteiger charge is -2.42. The normalized spacial score (nSPS) is 22.2. The van der Waals surface area contributed by atoms with Gasteiger partial charge in [0.05, 0.1) is 60.6 Å². The van der Waals surface area contributed by atoms with Crippen LogP contribution in [0.3, 0.4) is 0 Å². The van der Waals surface area contributed by atoms with Gasteiger partial charge in [0.2, 0.25) is 0 Å². The van der Waals surface area contributed by atoms with E-state index in [-0.39, 0.29) is 86.3 Å². The molecule has 18 heteroatoms. The van der Waals surface area contributed by atoms with Gasteiger partial charge in [0.1, 0.15) is 33.6 Å². The van der Waals surface area contributed by atoms with Crippen molar-refractivity contribution in [2.75, 3.05) is 56.2 Å². The zero-order valence-electron chi connectivity index (χ0n) is 36.2. The maximum Gasteiger partial charge on any atom is 0.412 e. The van der Waals surface area contributed by atoms with E-state index in [2.05, 4.69) is 33.1 Å². The molecule has 3 saturated heterocycles. The van der Waals surface area contributed by atoms with Gasteiger partial charge in [-0.3, -0.25) is 15.2 Å². The first kappa shape index (κ1) is 42.3. The second-order valence-corrected chi connectivity index (χ2v) is 20.3. The van der Waals surface area contributed by atoms with Gasteiger partial charge in [-0.25, -0.2) is 18.4 Å². The number of amides is 2. The number of pyridine rings is 1. The summed E-state index contributed by atoms with van der Waals surface area (Å²) in [6, 6.07) is 2.09. The minimum absolute atomic E-state index is 0.00652. The molecule has 1 aliphatic carbocycles. The number of ether oxygens (including phenoxy) is 5. The molecule has 4 aliphatic heterocycles. The van der Waals surface area contributed by atoms with Crippen molar-refractivity contribution in [2.24, 2.45) is 5.41 Å². The molecule has 330 valence electrons. The Morgan fingerprint density at radius 1 is 1.02 bits per heavy atom. The van der Waals surface area contributed by atoms with Crippen LogP contribution in [-0.4, -0.2) is 112 Å². The average Bonchev–Trinajstić information content (AvgIpc) is 3.47. The largest absolute Gasteiger partial charge is 0.463 e. The number of hydrogen-bond donors (Lipinski definition) is 1. The van der Waals surface area contributed by atoms with E-state index in [1.54, 1.807) is 25.7 Å². The predicted octanol–water partition coefficient (Wildman–Crippen LogP) is 7.90. The Balaban J connectivity index is 1.17. The summed E-state index contributed by atoms with van der Waals surface area (Å²) in [5.41, 5.74) is -0.567. The lowest BCUT2D eigenvalue weighted by Crippen LogP contribution is -2.56. The highest BCUT2D eigenvalue weighted by Crippen LogP contribution is 2.50. The fraction of sp³-hybridized carbons (Fsp3) is 0.591. The first-order chi connectivity index (χ1) is 29.4. The number of anilines is 2. The van der Waals surface area contributed by atoms with Gasteiger partial charge in [0.25, 0.3) is 0 Å². The fourth-order valence-electron chi connectivity index (χ4n) is 9.23. The van der Waals surface area contributed by atoms with Gasteiger partial charge >= 0.3 is 18.2 Å². The summed E-state index contributed by atoms with van der Waals surface area (Å²) in [6.45, 7) is 17.0. The maximum absolute atomic E-state index is 18.0. The number of carbonyl (C=O) groups excluding carboxylic acids is 2. The number of carbonyl (C=O) groups is 2. The number of benzene rings is 1. The van der Waals surface area contributed by atoms with Crippen molar-refractivity contribution in [3.63, 3.8) is 0 Å². The van der Waals surface area contributed by atoms with Crippen LogP contribution in [0, 0.1) is 28.4 Å². The zero-order chi connectivity index (χ0) is 43.9. The van der Waals surface area contributed by atoms with Crippen molar-refractivity contribution in [2.45, 2.75) is 117 Å². The van der Waals surface area contributed by atoms with Gasteiger partial charge in [-0.2, -0.15) is 15.2 Å². The molecule has 2 amide bonds. The third-order valence-electron chi connectivity index (χ3n) is 12.3. The third kappa shape index (κ3) is 7.97. The summed E-state index contributed by atoms with van der Waals surface area (Å²) in [5, 5.41) is 13.6. The van der Waals surface area contributed by atoms with E-state index < -0.39 is 28.9 Å². The highest BCUT2D eigenvalue weighted by Gasteiger charge is 2.47. The number of fused-ring (bicyclic) bond motifs is 6. The minimum Gasteiger partial charge on any atom is -0.463 e. The van der Waals surface area contributed by atoms with Gasteiger partial charge in [-0.15, -0.1) is 11.3 Å². The first-order valence-electron chi connectivity index (χ1n) is 21.3. The number of morpholine rings is 1. The van der Waals surface area contributed by atoms with Gasteiger partial charge in [-0.05, 0) is 85.3 Å². The van der Waals surface area contributed by atoms with Gasteiger partial charge in [0, 0.05) is 60.7 Å². The molecule has 4 fully saturated rings. The molecular weight excluding hydrogens is 823 g/mol. The molecule has 62 heavy (non-hydrogen) atoms. The molecule has 5 aliphatic rings.